The van der Waals surface area contributed by atoms with Crippen LogP contribution in [0.3, 0.4) is 0 Å². The maximum Gasteiger partial charge on any atom is 0.303 e. The number of benzene rings is 1. The lowest BCUT2D eigenvalue weighted by Crippen LogP contribution is -2.19. The van der Waals surface area contributed by atoms with Gasteiger partial charge in [0.25, 0.3) is 0 Å². The molecule has 0 bridgehead atoms. The summed E-state index contributed by atoms with van der Waals surface area (Å²) in [5.41, 5.74) is 1.11. The standard InChI is InChI=1S/C16H21NO3/c18-16(19)9-15(11-4-5-11)12-2-1-3-13(8-12)20-14-6-7-17-10-14/h1-3,8,11,14-15,17H,4-7,9-10H2,(H,18,19). The van der Waals surface area contributed by atoms with Crippen LogP contribution in [0.5, 0.6) is 5.75 Å². The molecule has 20 heavy (non-hydrogen) atoms. The van der Waals surface area contributed by atoms with E-state index in [0.29, 0.717) is 5.92 Å². The fraction of sp³-hybridized carbons (Fsp3) is 0.562. The molecule has 4 heteroatoms. The number of carbonyl (C=O) groups is 1. The maximum atomic E-state index is 11.0. The van der Waals surface area contributed by atoms with E-state index in [0.717, 1.165) is 43.7 Å². The molecular weight excluding hydrogens is 254 g/mol. The fourth-order valence-electron chi connectivity index (χ4n) is 2.98. The highest BCUT2D eigenvalue weighted by Gasteiger charge is 2.33. The van der Waals surface area contributed by atoms with Gasteiger partial charge in [-0.05, 0) is 55.3 Å². The van der Waals surface area contributed by atoms with Crippen molar-refractivity contribution in [3.63, 3.8) is 0 Å². The number of carboxylic acid groups (broad SMARTS) is 1. The summed E-state index contributed by atoms with van der Waals surface area (Å²) in [5.74, 6) is 0.827. The lowest BCUT2D eigenvalue weighted by molar-refractivity contribution is -0.137. The summed E-state index contributed by atoms with van der Waals surface area (Å²) in [5, 5.41) is 12.4. The molecule has 2 unspecified atom stereocenters. The van der Waals surface area contributed by atoms with Crippen molar-refractivity contribution in [3.8, 4) is 5.75 Å². The zero-order valence-corrected chi connectivity index (χ0v) is 11.5. The molecule has 1 saturated heterocycles. The van der Waals surface area contributed by atoms with Crippen LogP contribution in [0.2, 0.25) is 0 Å². The van der Waals surface area contributed by atoms with Gasteiger partial charge in [0, 0.05) is 6.54 Å². The molecule has 3 rings (SSSR count). The highest BCUT2D eigenvalue weighted by Crippen LogP contribution is 2.45. The highest BCUT2D eigenvalue weighted by molar-refractivity contribution is 5.68. The Morgan fingerprint density at radius 3 is 2.90 bits per heavy atom. The van der Waals surface area contributed by atoms with Crippen molar-refractivity contribution in [1.82, 2.24) is 5.32 Å². The molecule has 2 fully saturated rings. The van der Waals surface area contributed by atoms with Crippen molar-refractivity contribution in [2.75, 3.05) is 13.1 Å². The second-order valence-corrected chi connectivity index (χ2v) is 5.85. The molecule has 1 heterocycles. The van der Waals surface area contributed by atoms with E-state index in [1.54, 1.807) is 0 Å². The van der Waals surface area contributed by atoms with Crippen LogP contribution in [-0.2, 0) is 4.79 Å². The van der Waals surface area contributed by atoms with Gasteiger partial charge in [-0.2, -0.15) is 0 Å². The number of nitrogens with one attached hydrogen (secondary N) is 1. The van der Waals surface area contributed by atoms with Gasteiger partial charge in [-0.1, -0.05) is 12.1 Å². The third-order valence-electron chi connectivity index (χ3n) is 4.19. The van der Waals surface area contributed by atoms with Gasteiger partial charge in [0.1, 0.15) is 11.9 Å². The first-order valence-electron chi connectivity index (χ1n) is 7.41. The summed E-state index contributed by atoms with van der Waals surface area (Å²) in [6, 6.07) is 8.01. The highest BCUT2D eigenvalue weighted by atomic mass is 16.5. The van der Waals surface area contributed by atoms with Gasteiger partial charge in [-0.15, -0.1) is 0 Å². The fourth-order valence-corrected chi connectivity index (χ4v) is 2.98. The summed E-state index contributed by atoms with van der Waals surface area (Å²) in [4.78, 5) is 11.0. The molecule has 2 aliphatic rings. The van der Waals surface area contributed by atoms with Crippen LogP contribution in [0.1, 0.15) is 37.2 Å². The number of carboxylic acids is 1. The van der Waals surface area contributed by atoms with Gasteiger partial charge in [-0.25, -0.2) is 0 Å². The van der Waals surface area contributed by atoms with Crippen molar-refractivity contribution in [3.05, 3.63) is 29.8 Å². The minimum Gasteiger partial charge on any atom is -0.489 e. The molecular formula is C16H21NO3. The van der Waals surface area contributed by atoms with E-state index >= 15 is 0 Å². The summed E-state index contributed by atoms with van der Waals surface area (Å²) in [6.07, 6.45) is 3.79. The normalized spacial score (nSPS) is 23.5. The number of hydrogen-bond acceptors (Lipinski definition) is 3. The molecule has 0 aromatic heterocycles. The molecule has 1 aromatic rings. The Labute approximate surface area is 119 Å². The van der Waals surface area contributed by atoms with E-state index in [-0.39, 0.29) is 18.4 Å². The van der Waals surface area contributed by atoms with Crippen LogP contribution in [0, 0.1) is 5.92 Å². The van der Waals surface area contributed by atoms with E-state index in [2.05, 4.69) is 5.32 Å². The summed E-state index contributed by atoms with van der Waals surface area (Å²) in [6.45, 7) is 1.90. The Kier molecular flexibility index (Phi) is 3.92. The van der Waals surface area contributed by atoms with E-state index in [9.17, 15) is 4.79 Å². The van der Waals surface area contributed by atoms with Crippen LogP contribution in [0.25, 0.3) is 0 Å². The Balaban J connectivity index is 1.72. The van der Waals surface area contributed by atoms with E-state index in [1.807, 2.05) is 24.3 Å². The van der Waals surface area contributed by atoms with Gasteiger partial charge in [0.05, 0.1) is 6.42 Å². The minimum absolute atomic E-state index is 0.137. The molecule has 108 valence electrons. The molecule has 1 aliphatic heterocycles. The van der Waals surface area contributed by atoms with Crippen molar-refractivity contribution in [1.29, 1.82) is 0 Å². The average Bonchev–Trinajstić information content (AvgIpc) is 3.14. The van der Waals surface area contributed by atoms with Crippen LogP contribution >= 0.6 is 0 Å². The molecule has 0 spiro atoms. The molecule has 0 radical (unpaired) electrons. The summed E-state index contributed by atoms with van der Waals surface area (Å²) in [7, 11) is 0. The Morgan fingerprint density at radius 1 is 1.40 bits per heavy atom. The Morgan fingerprint density at radius 2 is 2.25 bits per heavy atom. The molecule has 1 saturated carbocycles. The number of aliphatic carboxylic acids is 1. The van der Waals surface area contributed by atoms with Gasteiger partial charge in [0.15, 0.2) is 0 Å². The number of hydrogen-bond donors (Lipinski definition) is 2. The quantitative estimate of drug-likeness (QED) is 0.837. The van der Waals surface area contributed by atoms with Crippen LogP contribution in [-0.4, -0.2) is 30.3 Å². The van der Waals surface area contributed by atoms with Gasteiger partial charge >= 0.3 is 5.97 Å². The summed E-state index contributed by atoms with van der Waals surface area (Å²) >= 11 is 0. The van der Waals surface area contributed by atoms with Crippen molar-refractivity contribution in [2.45, 2.75) is 37.7 Å². The first-order chi connectivity index (χ1) is 9.72. The predicted molar refractivity (Wildman–Crippen MR) is 76.1 cm³/mol. The zero-order valence-electron chi connectivity index (χ0n) is 11.5. The molecule has 1 aliphatic carbocycles. The van der Waals surface area contributed by atoms with Gasteiger partial charge in [0.2, 0.25) is 0 Å². The maximum absolute atomic E-state index is 11.0. The Hall–Kier alpha value is -1.55. The molecule has 2 atom stereocenters. The van der Waals surface area contributed by atoms with Crippen LogP contribution < -0.4 is 10.1 Å². The average molecular weight is 275 g/mol. The molecule has 2 N–H and O–H groups in total. The SMILES string of the molecule is O=C(O)CC(c1cccc(OC2CCNC2)c1)C1CC1. The van der Waals surface area contributed by atoms with E-state index in [1.165, 1.54) is 0 Å². The van der Waals surface area contributed by atoms with Crippen molar-refractivity contribution < 1.29 is 14.6 Å². The largest absolute Gasteiger partial charge is 0.489 e. The number of ether oxygens (including phenoxy) is 1. The van der Waals surface area contributed by atoms with Crippen LogP contribution in [0.15, 0.2) is 24.3 Å². The first-order valence-corrected chi connectivity index (χ1v) is 7.41. The lowest BCUT2D eigenvalue weighted by atomic mass is 9.91. The second kappa shape index (κ2) is 5.83. The van der Waals surface area contributed by atoms with Crippen molar-refractivity contribution in [2.24, 2.45) is 5.92 Å². The van der Waals surface area contributed by atoms with Crippen LogP contribution in [0.4, 0.5) is 0 Å². The minimum atomic E-state index is -0.715. The second-order valence-electron chi connectivity index (χ2n) is 5.85. The first kappa shape index (κ1) is 13.4. The van der Waals surface area contributed by atoms with E-state index < -0.39 is 5.97 Å². The predicted octanol–water partition coefficient (Wildman–Crippen LogP) is 2.40. The topological polar surface area (TPSA) is 58.6 Å². The molecule has 1 aromatic carbocycles. The zero-order chi connectivity index (χ0) is 13.9. The Bertz CT molecular complexity index is 478. The number of rotatable bonds is 6. The lowest BCUT2D eigenvalue weighted by Gasteiger charge is -2.17. The van der Waals surface area contributed by atoms with Gasteiger partial charge in [-0.3, -0.25) is 4.79 Å². The molecule has 4 nitrogen and oxygen atoms in total. The van der Waals surface area contributed by atoms with Crippen molar-refractivity contribution >= 4 is 5.97 Å². The van der Waals surface area contributed by atoms with E-state index in [4.69, 9.17) is 9.84 Å². The monoisotopic (exact) mass is 275 g/mol. The third-order valence-corrected chi connectivity index (χ3v) is 4.19. The van der Waals surface area contributed by atoms with Gasteiger partial charge < -0.3 is 15.2 Å². The smallest absolute Gasteiger partial charge is 0.303 e. The third kappa shape index (κ3) is 3.31. The summed E-state index contributed by atoms with van der Waals surface area (Å²) < 4.78 is 5.96. The molecule has 0 amide bonds.